The first-order chi connectivity index (χ1) is 13.6. The Morgan fingerprint density at radius 2 is 1.89 bits per heavy atom. The molecule has 1 amide bonds. The number of amides is 1. The number of methoxy groups -OCH3 is 1. The molecular formula is C20H17ClN2O5. The number of para-hydroxylation sites is 1. The SMILES string of the molecule is COc1ccccc1C(=O)NCC(=O)OCc1ncc(-c2ccc(Cl)cc2)o1. The number of hydrogen-bond donors (Lipinski definition) is 1. The number of carbonyl (C=O) groups is 2. The number of ether oxygens (including phenoxy) is 2. The summed E-state index contributed by atoms with van der Waals surface area (Å²) in [5, 5.41) is 3.11. The number of hydrogen-bond acceptors (Lipinski definition) is 6. The van der Waals surface area contributed by atoms with E-state index in [1.165, 1.54) is 13.3 Å². The number of aromatic nitrogens is 1. The van der Waals surface area contributed by atoms with E-state index in [1.807, 2.05) is 0 Å². The first kappa shape index (κ1) is 19.4. The van der Waals surface area contributed by atoms with Crippen molar-refractivity contribution in [1.82, 2.24) is 10.3 Å². The highest BCUT2D eigenvalue weighted by molar-refractivity contribution is 6.30. The molecular weight excluding hydrogens is 384 g/mol. The van der Waals surface area contributed by atoms with Gasteiger partial charge < -0.3 is 19.2 Å². The molecule has 0 saturated heterocycles. The fraction of sp³-hybridized carbons (Fsp3) is 0.150. The van der Waals surface area contributed by atoms with Gasteiger partial charge in [0.15, 0.2) is 12.4 Å². The lowest BCUT2D eigenvalue weighted by molar-refractivity contribution is -0.144. The average molecular weight is 401 g/mol. The summed E-state index contributed by atoms with van der Waals surface area (Å²) in [4.78, 5) is 28.1. The van der Waals surface area contributed by atoms with Crippen molar-refractivity contribution in [1.29, 1.82) is 0 Å². The van der Waals surface area contributed by atoms with Gasteiger partial charge in [-0.25, -0.2) is 4.98 Å². The maximum atomic E-state index is 12.1. The van der Waals surface area contributed by atoms with Crippen LogP contribution in [0.5, 0.6) is 5.75 Å². The smallest absolute Gasteiger partial charge is 0.325 e. The van der Waals surface area contributed by atoms with E-state index in [-0.39, 0.29) is 19.0 Å². The number of oxazole rings is 1. The molecule has 0 spiro atoms. The van der Waals surface area contributed by atoms with Crippen LogP contribution in [0.2, 0.25) is 5.02 Å². The molecule has 3 rings (SSSR count). The third kappa shape index (κ3) is 4.89. The Morgan fingerprint density at radius 3 is 2.64 bits per heavy atom. The molecule has 0 unspecified atom stereocenters. The van der Waals surface area contributed by atoms with Gasteiger partial charge in [0.2, 0.25) is 5.89 Å². The third-order valence-electron chi connectivity index (χ3n) is 3.78. The van der Waals surface area contributed by atoms with Gasteiger partial charge in [0, 0.05) is 10.6 Å². The van der Waals surface area contributed by atoms with Crippen LogP contribution in [-0.2, 0) is 16.1 Å². The monoisotopic (exact) mass is 400 g/mol. The molecule has 1 heterocycles. The minimum Gasteiger partial charge on any atom is -0.496 e. The Balaban J connectivity index is 1.49. The van der Waals surface area contributed by atoms with Crippen LogP contribution >= 0.6 is 11.6 Å². The molecule has 1 N–H and O–H groups in total. The quantitative estimate of drug-likeness (QED) is 0.610. The summed E-state index contributed by atoms with van der Waals surface area (Å²) in [7, 11) is 1.47. The molecule has 1 aromatic heterocycles. The highest BCUT2D eigenvalue weighted by atomic mass is 35.5. The van der Waals surface area contributed by atoms with Gasteiger partial charge in [0.25, 0.3) is 5.91 Å². The zero-order chi connectivity index (χ0) is 19.9. The fourth-order valence-corrected chi connectivity index (χ4v) is 2.52. The van der Waals surface area contributed by atoms with Crippen molar-refractivity contribution < 1.29 is 23.5 Å². The second-order valence-electron chi connectivity index (χ2n) is 5.67. The van der Waals surface area contributed by atoms with Gasteiger partial charge in [0.1, 0.15) is 12.3 Å². The minimum atomic E-state index is -0.616. The van der Waals surface area contributed by atoms with E-state index in [1.54, 1.807) is 48.5 Å². The molecule has 28 heavy (non-hydrogen) atoms. The van der Waals surface area contributed by atoms with Gasteiger partial charge in [-0.05, 0) is 36.4 Å². The Bertz CT molecular complexity index is 969. The van der Waals surface area contributed by atoms with Crippen molar-refractivity contribution in [3.8, 4) is 17.1 Å². The molecule has 2 aromatic carbocycles. The average Bonchev–Trinajstić information content (AvgIpc) is 3.20. The van der Waals surface area contributed by atoms with Gasteiger partial charge in [-0.3, -0.25) is 9.59 Å². The van der Waals surface area contributed by atoms with Crippen molar-refractivity contribution >= 4 is 23.5 Å². The maximum absolute atomic E-state index is 12.1. The first-order valence-corrected chi connectivity index (χ1v) is 8.72. The summed E-state index contributed by atoms with van der Waals surface area (Å²) in [6.07, 6.45) is 1.54. The lowest BCUT2D eigenvalue weighted by Gasteiger charge is -2.08. The predicted molar refractivity (Wildman–Crippen MR) is 102 cm³/mol. The summed E-state index contributed by atoms with van der Waals surface area (Å²) < 4.78 is 15.7. The van der Waals surface area contributed by atoms with E-state index in [0.29, 0.717) is 22.1 Å². The number of nitrogens with one attached hydrogen (secondary N) is 1. The Labute approximate surface area is 166 Å². The van der Waals surface area contributed by atoms with Crippen LogP contribution < -0.4 is 10.1 Å². The molecule has 0 atom stereocenters. The van der Waals surface area contributed by atoms with Crippen LogP contribution in [0.15, 0.2) is 59.1 Å². The molecule has 144 valence electrons. The predicted octanol–water partition coefficient (Wildman–Crippen LogP) is 3.48. The summed E-state index contributed by atoms with van der Waals surface area (Å²) in [6.45, 7) is -0.432. The highest BCUT2D eigenvalue weighted by Gasteiger charge is 2.14. The Hall–Kier alpha value is -3.32. The summed E-state index contributed by atoms with van der Waals surface area (Å²) in [5.41, 5.74) is 1.14. The standard InChI is InChI=1S/C20H17ClN2O5/c1-26-16-5-3-2-4-15(16)20(25)23-11-19(24)27-12-18-22-10-17(28-18)13-6-8-14(21)9-7-13/h2-10H,11-12H2,1H3,(H,23,25). The van der Waals surface area contributed by atoms with Crippen molar-refractivity contribution in [2.24, 2.45) is 0 Å². The van der Waals surface area contributed by atoms with Gasteiger partial charge in [-0.1, -0.05) is 23.7 Å². The van der Waals surface area contributed by atoms with E-state index in [4.69, 9.17) is 25.5 Å². The molecule has 0 aliphatic heterocycles. The molecule has 0 aliphatic carbocycles. The molecule has 3 aromatic rings. The number of nitrogens with zero attached hydrogens (tertiary/aromatic N) is 1. The molecule has 0 fully saturated rings. The van der Waals surface area contributed by atoms with Crippen molar-refractivity contribution in [3.05, 3.63) is 71.2 Å². The lowest BCUT2D eigenvalue weighted by atomic mass is 10.2. The summed E-state index contributed by atoms with van der Waals surface area (Å²) in [6, 6.07) is 13.8. The Morgan fingerprint density at radius 1 is 1.14 bits per heavy atom. The highest BCUT2D eigenvalue weighted by Crippen LogP contribution is 2.22. The number of carbonyl (C=O) groups excluding carboxylic acids is 2. The van der Waals surface area contributed by atoms with E-state index >= 15 is 0 Å². The van der Waals surface area contributed by atoms with Crippen LogP contribution in [0.25, 0.3) is 11.3 Å². The van der Waals surface area contributed by atoms with Crippen molar-refractivity contribution in [2.45, 2.75) is 6.61 Å². The molecule has 7 nitrogen and oxygen atoms in total. The van der Waals surface area contributed by atoms with E-state index < -0.39 is 11.9 Å². The van der Waals surface area contributed by atoms with Crippen LogP contribution in [0.4, 0.5) is 0 Å². The molecule has 8 heteroatoms. The van der Waals surface area contributed by atoms with Crippen molar-refractivity contribution in [3.63, 3.8) is 0 Å². The van der Waals surface area contributed by atoms with Gasteiger partial charge in [-0.2, -0.15) is 0 Å². The molecule has 0 saturated carbocycles. The maximum Gasteiger partial charge on any atom is 0.325 e. The number of benzene rings is 2. The lowest BCUT2D eigenvalue weighted by Crippen LogP contribution is -2.30. The number of rotatable bonds is 7. The van der Waals surface area contributed by atoms with E-state index in [9.17, 15) is 9.59 Å². The fourth-order valence-electron chi connectivity index (χ4n) is 2.40. The molecule has 0 bridgehead atoms. The number of halogens is 1. The largest absolute Gasteiger partial charge is 0.496 e. The Kier molecular flexibility index (Phi) is 6.29. The van der Waals surface area contributed by atoms with E-state index in [2.05, 4.69) is 10.3 Å². The normalized spacial score (nSPS) is 10.4. The zero-order valence-corrected chi connectivity index (χ0v) is 15.7. The first-order valence-electron chi connectivity index (χ1n) is 8.34. The van der Waals surface area contributed by atoms with Crippen LogP contribution in [0.1, 0.15) is 16.2 Å². The second-order valence-corrected chi connectivity index (χ2v) is 6.11. The van der Waals surface area contributed by atoms with E-state index in [0.717, 1.165) is 5.56 Å². The minimum absolute atomic E-state index is 0.142. The second kappa shape index (κ2) is 9.05. The van der Waals surface area contributed by atoms with Crippen LogP contribution in [-0.4, -0.2) is 30.5 Å². The zero-order valence-electron chi connectivity index (χ0n) is 15.0. The van der Waals surface area contributed by atoms with Crippen molar-refractivity contribution in [2.75, 3.05) is 13.7 Å². The summed E-state index contributed by atoms with van der Waals surface area (Å²) >= 11 is 5.86. The molecule has 0 aliphatic rings. The summed E-state index contributed by atoms with van der Waals surface area (Å²) in [5.74, 6) is 0.148. The molecule has 0 radical (unpaired) electrons. The van der Waals surface area contributed by atoms with Gasteiger partial charge in [0.05, 0.1) is 18.9 Å². The van der Waals surface area contributed by atoms with Crippen LogP contribution in [0.3, 0.4) is 0 Å². The van der Waals surface area contributed by atoms with Gasteiger partial charge >= 0.3 is 5.97 Å². The van der Waals surface area contributed by atoms with Gasteiger partial charge in [-0.15, -0.1) is 0 Å². The number of esters is 1. The topological polar surface area (TPSA) is 90.7 Å². The third-order valence-corrected chi connectivity index (χ3v) is 4.04. The van der Waals surface area contributed by atoms with Crippen LogP contribution in [0, 0.1) is 0 Å².